The molecule has 0 bridgehead atoms. The zero-order valence-electron chi connectivity index (χ0n) is 16.5. The van der Waals surface area contributed by atoms with E-state index in [9.17, 15) is 14.4 Å². The van der Waals surface area contributed by atoms with Crippen molar-refractivity contribution in [1.82, 2.24) is 5.32 Å². The molecule has 1 atom stereocenters. The smallest absolute Gasteiger partial charge is 0.335 e. The van der Waals surface area contributed by atoms with E-state index in [1.165, 1.54) is 0 Å². The summed E-state index contributed by atoms with van der Waals surface area (Å²) < 4.78 is 0. The standard InChI is InChI=1S/C22H23N3O3/c1-13-6-8-17-16(9-13)11-22(12-24(17)4)19(26)23-21(28)25(20(22)27)18-10-14(2)5-7-15(18)3/h5-10H,11-12H2,1-4H3,(H,23,26,28)/t22-/m1/s1. The number of carbonyl (C=O) groups excluding carboxylic acids is 3. The largest absolute Gasteiger partial charge is 0.373 e. The van der Waals surface area contributed by atoms with Crippen LogP contribution in [-0.2, 0) is 16.0 Å². The summed E-state index contributed by atoms with van der Waals surface area (Å²) >= 11 is 0. The second-order valence-electron chi connectivity index (χ2n) is 7.94. The van der Waals surface area contributed by atoms with Crippen LogP contribution in [-0.4, -0.2) is 31.4 Å². The minimum Gasteiger partial charge on any atom is -0.373 e. The Labute approximate surface area is 164 Å². The van der Waals surface area contributed by atoms with Gasteiger partial charge in [-0.3, -0.25) is 14.9 Å². The Bertz CT molecular complexity index is 1030. The number of carbonyl (C=O) groups is 3. The number of aryl methyl sites for hydroxylation is 3. The van der Waals surface area contributed by atoms with E-state index in [4.69, 9.17) is 0 Å². The molecule has 6 nitrogen and oxygen atoms in total. The summed E-state index contributed by atoms with van der Waals surface area (Å²) in [4.78, 5) is 42.3. The molecule has 1 N–H and O–H groups in total. The molecule has 2 aromatic rings. The first-order valence-corrected chi connectivity index (χ1v) is 9.31. The lowest BCUT2D eigenvalue weighted by Gasteiger charge is -2.45. The summed E-state index contributed by atoms with van der Waals surface area (Å²) in [5, 5.41) is 2.43. The van der Waals surface area contributed by atoms with Crippen LogP contribution < -0.4 is 15.1 Å². The monoisotopic (exact) mass is 377 g/mol. The normalized spacial score (nSPS) is 21.8. The summed E-state index contributed by atoms with van der Waals surface area (Å²) in [5.74, 6) is -0.989. The summed E-state index contributed by atoms with van der Waals surface area (Å²) in [5.41, 5.74) is 3.94. The van der Waals surface area contributed by atoms with E-state index >= 15 is 0 Å². The second kappa shape index (κ2) is 6.19. The van der Waals surface area contributed by atoms with Gasteiger partial charge in [0.05, 0.1) is 5.69 Å². The molecular formula is C22H23N3O3. The number of rotatable bonds is 1. The molecule has 144 valence electrons. The molecule has 28 heavy (non-hydrogen) atoms. The van der Waals surface area contributed by atoms with Crippen LogP contribution >= 0.6 is 0 Å². The molecule has 0 saturated carbocycles. The fourth-order valence-electron chi connectivity index (χ4n) is 4.25. The highest BCUT2D eigenvalue weighted by Gasteiger charge is 2.56. The van der Waals surface area contributed by atoms with Crippen molar-refractivity contribution in [2.45, 2.75) is 27.2 Å². The zero-order chi connectivity index (χ0) is 20.2. The molecule has 0 unspecified atom stereocenters. The molecule has 0 aliphatic carbocycles. The van der Waals surface area contributed by atoms with Gasteiger partial charge < -0.3 is 4.90 Å². The second-order valence-corrected chi connectivity index (χ2v) is 7.94. The number of amides is 4. The van der Waals surface area contributed by atoms with Gasteiger partial charge in [-0.25, -0.2) is 9.69 Å². The molecule has 6 heteroatoms. The summed E-state index contributed by atoms with van der Waals surface area (Å²) in [7, 11) is 1.87. The van der Waals surface area contributed by atoms with Gasteiger partial charge in [-0.1, -0.05) is 29.8 Å². The summed E-state index contributed by atoms with van der Waals surface area (Å²) in [6, 6.07) is 11.0. The maximum atomic E-state index is 13.6. The number of urea groups is 1. The molecule has 2 aromatic carbocycles. The molecule has 0 radical (unpaired) electrons. The third-order valence-corrected chi connectivity index (χ3v) is 5.72. The lowest BCUT2D eigenvalue weighted by molar-refractivity contribution is -0.142. The van der Waals surface area contributed by atoms with E-state index < -0.39 is 23.3 Å². The Balaban J connectivity index is 1.83. The zero-order valence-corrected chi connectivity index (χ0v) is 16.5. The van der Waals surface area contributed by atoms with Gasteiger partial charge in [0.15, 0.2) is 5.41 Å². The first kappa shape index (κ1) is 18.2. The fourth-order valence-corrected chi connectivity index (χ4v) is 4.25. The Kier molecular flexibility index (Phi) is 4.03. The van der Waals surface area contributed by atoms with Crippen LogP contribution in [0.15, 0.2) is 36.4 Å². The number of nitrogens with zero attached hydrogens (tertiary/aromatic N) is 2. The van der Waals surface area contributed by atoms with Crippen LogP contribution in [0.5, 0.6) is 0 Å². The lowest BCUT2D eigenvalue weighted by Crippen LogP contribution is -2.68. The van der Waals surface area contributed by atoms with E-state index in [-0.39, 0.29) is 13.0 Å². The molecule has 2 aliphatic heterocycles. The molecule has 0 aromatic heterocycles. The van der Waals surface area contributed by atoms with Crippen LogP contribution in [0.4, 0.5) is 16.2 Å². The SMILES string of the molecule is Cc1ccc2c(c1)C[C@@]1(CN2C)C(=O)NC(=O)N(c2cc(C)ccc2C)C1=O. The van der Waals surface area contributed by atoms with Crippen molar-refractivity contribution in [3.05, 3.63) is 58.7 Å². The van der Waals surface area contributed by atoms with Gasteiger partial charge in [0.2, 0.25) is 5.91 Å². The van der Waals surface area contributed by atoms with Crippen molar-refractivity contribution in [1.29, 1.82) is 0 Å². The highest BCUT2D eigenvalue weighted by molar-refractivity contribution is 6.30. The van der Waals surface area contributed by atoms with E-state index in [0.717, 1.165) is 32.8 Å². The number of anilines is 2. The maximum absolute atomic E-state index is 13.6. The quantitative estimate of drug-likeness (QED) is 0.776. The third-order valence-electron chi connectivity index (χ3n) is 5.72. The highest BCUT2D eigenvalue weighted by atomic mass is 16.2. The topological polar surface area (TPSA) is 69.7 Å². The average molecular weight is 377 g/mol. The Morgan fingerprint density at radius 3 is 2.36 bits per heavy atom. The van der Waals surface area contributed by atoms with E-state index in [0.29, 0.717) is 5.69 Å². The number of barbiturate groups is 1. The number of nitrogens with one attached hydrogen (secondary N) is 1. The van der Waals surface area contributed by atoms with Crippen LogP contribution in [0.2, 0.25) is 0 Å². The van der Waals surface area contributed by atoms with Gasteiger partial charge >= 0.3 is 6.03 Å². The van der Waals surface area contributed by atoms with Crippen LogP contribution in [0.3, 0.4) is 0 Å². The van der Waals surface area contributed by atoms with Gasteiger partial charge in [0.25, 0.3) is 5.91 Å². The van der Waals surface area contributed by atoms with Crippen molar-refractivity contribution >= 4 is 29.2 Å². The molecule has 2 heterocycles. The number of hydrogen-bond acceptors (Lipinski definition) is 4. The Morgan fingerprint density at radius 1 is 0.929 bits per heavy atom. The van der Waals surface area contributed by atoms with Crippen molar-refractivity contribution in [3.8, 4) is 0 Å². The van der Waals surface area contributed by atoms with Gasteiger partial charge in [0.1, 0.15) is 0 Å². The molecule has 2 aliphatic rings. The molecule has 1 spiro atoms. The number of fused-ring (bicyclic) bond motifs is 1. The number of hydrogen-bond donors (Lipinski definition) is 1. The van der Waals surface area contributed by atoms with Gasteiger partial charge in [-0.05, 0) is 56.0 Å². The molecule has 1 fully saturated rings. The first-order chi connectivity index (χ1) is 13.2. The van der Waals surface area contributed by atoms with Crippen LogP contribution in [0, 0.1) is 26.2 Å². The molecule has 4 rings (SSSR count). The Hall–Kier alpha value is -3.15. The maximum Gasteiger partial charge on any atom is 0.335 e. The van der Waals surface area contributed by atoms with Gasteiger partial charge in [-0.15, -0.1) is 0 Å². The highest BCUT2D eigenvalue weighted by Crippen LogP contribution is 2.41. The van der Waals surface area contributed by atoms with Crippen LogP contribution in [0.1, 0.15) is 22.3 Å². The number of imide groups is 2. The Morgan fingerprint density at radius 2 is 1.61 bits per heavy atom. The van der Waals surface area contributed by atoms with Crippen molar-refractivity contribution in [3.63, 3.8) is 0 Å². The van der Waals surface area contributed by atoms with Crippen molar-refractivity contribution in [2.75, 3.05) is 23.4 Å². The molecule has 1 saturated heterocycles. The van der Waals surface area contributed by atoms with Gasteiger partial charge in [-0.2, -0.15) is 0 Å². The van der Waals surface area contributed by atoms with Crippen molar-refractivity contribution < 1.29 is 14.4 Å². The minimum absolute atomic E-state index is 0.225. The molecular weight excluding hydrogens is 354 g/mol. The molecule has 4 amide bonds. The van der Waals surface area contributed by atoms with E-state index in [1.807, 2.05) is 63.1 Å². The summed E-state index contributed by atoms with van der Waals surface area (Å²) in [6.45, 7) is 5.96. The lowest BCUT2D eigenvalue weighted by atomic mass is 9.74. The van der Waals surface area contributed by atoms with Crippen LogP contribution in [0.25, 0.3) is 0 Å². The average Bonchev–Trinajstić information content (AvgIpc) is 2.63. The fraction of sp³-hybridized carbons (Fsp3) is 0.318. The van der Waals surface area contributed by atoms with E-state index in [1.54, 1.807) is 6.07 Å². The number of benzene rings is 2. The predicted octanol–water partition coefficient (Wildman–Crippen LogP) is 2.87. The summed E-state index contributed by atoms with van der Waals surface area (Å²) in [6.07, 6.45) is 0.271. The third kappa shape index (κ3) is 2.59. The minimum atomic E-state index is -1.33. The van der Waals surface area contributed by atoms with Crippen molar-refractivity contribution in [2.24, 2.45) is 5.41 Å². The van der Waals surface area contributed by atoms with Gasteiger partial charge in [0, 0.05) is 19.3 Å². The van der Waals surface area contributed by atoms with E-state index in [2.05, 4.69) is 5.32 Å². The first-order valence-electron chi connectivity index (χ1n) is 9.31. The predicted molar refractivity (Wildman–Crippen MR) is 108 cm³/mol.